The van der Waals surface area contributed by atoms with Crippen LogP contribution < -0.4 is 24.4 Å². The number of thiazole rings is 1. The van der Waals surface area contributed by atoms with Gasteiger partial charge in [0.2, 0.25) is 0 Å². The fraction of sp³-hybridized carbons (Fsp3) is 0.310. The number of nitrogens with zero attached hydrogens (tertiary/aromatic N) is 2. The van der Waals surface area contributed by atoms with Crippen LogP contribution in [0.5, 0.6) is 11.5 Å². The monoisotopic (exact) mass is 550 g/mol. The number of allylic oxidation sites excluding steroid dienone is 1. The smallest absolute Gasteiger partial charge is 0.338 e. The number of carbonyl (C=O) groups is 2. The van der Waals surface area contributed by atoms with E-state index in [0.717, 1.165) is 12.8 Å². The zero-order valence-electron chi connectivity index (χ0n) is 22.2. The van der Waals surface area contributed by atoms with E-state index < -0.39 is 18.0 Å². The van der Waals surface area contributed by atoms with E-state index in [1.807, 2.05) is 6.07 Å². The molecule has 0 aliphatic carbocycles. The summed E-state index contributed by atoms with van der Waals surface area (Å²) in [5, 5.41) is 9.17. The third-order valence-corrected chi connectivity index (χ3v) is 7.21. The molecule has 39 heavy (non-hydrogen) atoms. The number of carboxylic acid groups (broad SMARTS) is 1. The molecule has 0 amide bonds. The van der Waals surface area contributed by atoms with Gasteiger partial charge in [0.05, 0.1) is 47.7 Å². The van der Waals surface area contributed by atoms with Gasteiger partial charge in [-0.25, -0.2) is 14.6 Å². The van der Waals surface area contributed by atoms with Gasteiger partial charge < -0.3 is 19.3 Å². The van der Waals surface area contributed by atoms with E-state index in [9.17, 15) is 14.4 Å². The lowest BCUT2D eigenvalue weighted by Gasteiger charge is -2.25. The van der Waals surface area contributed by atoms with Crippen molar-refractivity contribution in [3.05, 3.63) is 90.1 Å². The summed E-state index contributed by atoms with van der Waals surface area (Å²) in [4.78, 5) is 43.1. The van der Waals surface area contributed by atoms with E-state index >= 15 is 0 Å². The van der Waals surface area contributed by atoms with Crippen molar-refractivity contribution in [1.29, 1.82) is 0 Å². The fourth-order valence-electron chi connectivity index (χ4n) is 4.28. The molecule has 0 unspecified atom stereocenters. The van der Waals surface area contributed by atoms with E-state index in [1.165, 1.54) is 28.0 Å². The van der Waals surface area contributed by atoms with Crippen molar-refractivity contribution in [3.8, 4) is 11.5 Å². The number of esters is 1. The maximum Gasteiger partial charge on any atom is 0.338 e. The number of carboxylic acids is 1. The summed E-state index contributed by atoms with van der Waals surface area (Å²) in [6.07, 6.45) is 3.57. The van der Waals surface area contributed by atoms with E-state index in [4.69, 9.17) is 19.3 Å². The number of carbonyl (C=O) groups excluding carboxylic acids is 1. The van der Waals surface area contributed by atoms with Gasteiger partial charge in [-0.2, -0.15) is 0 Å². The molecular formula is C29H30N2O7S. The molecule has 2 aromatic carbocycles. The number of ether oxygens (including phenoxy) is 3. The van der Waals surface area contributed by atoms with Crippen LogP contribution in [-0.4, -0.2) is 41.9 Å². The first-order chi connectivity index (χ1) is 18.8. The Morgan fingerprint density at radius 3 is 2.51 bits per heavy atom. The van der Waals surface area contributed by atoms with Gasteiger partial charge in [0, 0.05) is 0 Å². The standard InChI is InChI=1S/C29H30N2O7S/c1-5-7-14-38-21-13-12-20(16-22(21)36-4)25-24(28(35)37-6-2)17(3)30-29-31(25)26(32)23(39-29)15-18-8-10-19(11-9-18)27(33)34/h8-13,15-16,25H,5-7,14H2,1-4H3,(H,33,34)/b23-15+/t25-/m0/s1. The molecule has 1 aliphatic rings. The van der Waals surface area contributed by atoms with Crippen LogP contribution in [0.3, 0.4) is 0 Å². The summed E-state index contributed by atoms with van der Waals surface area (Å²) in [5.74, 6) is -0.517. The number of aromatic carboxylic acids is 1. The minimum Gasteiger partial charge on any atom is -0.493 e. The Morgan fingerprint density at radius 2 is 1.87 bits per heavy atom. The predicted molar refractivity (Wildman–Crippen MR) is 147 cm³/mol. The first kappa shape index (κ1) is 27.8. The Hall–Kier alpha value is -4.18. The average Bonchev–Trinajstić information content (AvgIpc) is 3.22. The molecule has 4 rings (SSSR count). The molecule has 0 saturated carbocycles. The van der Waals surface area contributed by atoms with Gasteiger partial charge in [0.15, 0.2) is 16.3 Å². The van der Waals surface area contributed by atoms with Crippen molar-refractivity contribution in [3.63, 3.8) is 0 Å². The molecule has 204 valence electrons. The van der Waals surface area contributed by atoms with E-state index in [2.05, 4.69) is 11.9 Å². The van der Waals surface area contributed by atoms with Gasteiger partial charge in [0.1, 0.15) is 0 Å². The molecule has 3 aromatic rings. The predicted octanol–water partition coefficient (Wildman–Crippen LogP) is 3.68. The van der Waals surface area contributed by atoms with Crippen molar-refractivity contribution in [2.75, 3.05) is 20.3 Å². The molecule has 2 heterocycles. The first-order valence-electron chi connectivity index (χ1n) is 12.6. The number of methoxy groups -OCH3 is 1. The second kappa shape index (κ2) is 12.1. The van der Waals surface area contributed by atoms with Gasteiger partial charge in [-0.3, -0.25) is 9.36 Å². The van der Waals surface area contributed by atoms with Crippen LogP contribution in [0.4, 0.5) is 0 Å². The summed E-state index contributed by atoms with van der Waals surface area (Å²) in [7, 11) is 1.54. The van der Waals surface area contributed by atoms with Crippen LogP contribution in [0.2, 0.25) is 0 Å². The molecule has 0 bridgehead atoms. The van der Waals surface area contributed by atoms with Crippen LogP contribution in [0.1, 0.15) is 61.1 Å². The molecule has 0 spiro atoms. The molecule has 1 N–H and O–H groups in total. The first-order valence-corrected chi connectivity index (χ1v) is 13.4. The Labute approximate surface area is 229 Å². The van der Waals surface area contributed by atoms with Crippen molar-refractivity contribution >= 4 is 29.4 Å². The van der Waals surface area contributed by atoms with E-state index in [0.29, 0.717) is 44.3 Å². The number of fused-ring (bicyclic) bond motifs is 1. The maximum absolute atomic E-state index is 13.8. The highest BCUT2D eigenvalue weighted by atomic mass is 32.1. The molecule has 0 fully saturated rings. The van der Waals surface area contributed by atoms with E-state index in [1.54, 1.807) is 51.3 Å². The summed E-state index contributed by atoms with van der Waals surface area (Å²) in [5.41, 5.74) is 1.86. The molecule has 1 aliphatic heterocycles. The van der Waals surface area contributed by atoms with Crippen molar-refractivity contribution < 1.29 is 28.9 Å². The van der Waals surface area contributed by atoms with Gasteiger partial charge >= 0.3 is 11.9 Å². The number of rotatable bonds is 10. The number of benzene rings is 2. The second-order valence-corrected chi connectivity index (χ2v) is 9.85. The van der Waals surface area contributed by atoms with Crippen LogP contribution in [-0.2, 0) is 9.53 Å². The third-order valence-electron chi connectivity index (χ3n) is 6.23. The lowest BCUT2D eigenvalue weighted by molar-refractivity contribution is -0.139. The van der Waals surface area contributed by atoms with Crippen molar-refractivity contribution in [2.45, 2.75) is 39.7 Å². The average molecular weight is 551 g/mol. The minimum absolute atomic E-state index is 0.152. The SMILES string of the molecule is CCCCOc1ccc([C@H]2C(C(=O)OCC)=C(C)N=c3s/c(=C/c4ccc(C(=O)O)cc4)c(=O)n32)cc1OC. The largest absolute Gasteiger partial charge is 0.493 e. The highest BCUT2D eigenvalue weighted by molar-refractivity contribution is 7.07. The van der Waals surface area contributed by atoms with Crippen LogP contribution in [0, 0.1) is 0 Å². The second-order valence-electron chi connectivity index (χ2n) is 8.84. The van der Waals surface area contributed by atoms with Crippen LogP contribution in [0.15, 0.2) is 63.5 Å². The molecule has 1 aromatic heterocycles. The topological polar surface area (TPSA) is 116 Å². The Balaban J connectivity index is 1.87. The lowest BCUT2D eigenvalue weighted by atomic mass is 9.95. The molecule has 0 saturated heterocycles. The van der Waals surface area contributed by atoms with Crippen LogP contribution in [0.25, 0.3) is 6.08 Å². The summed E-state index contributed by atoms with van der Waals surface area (Å²) in [6, 6.07) is 10.8. The number of hydrogen-bond acceptors (Lipinski definition) is 8. The summed E-state index contributed by atoms with van der Waals surface area (Å²) >= 11 is 1.19. The molecule has 1 atom stereocenters. The number of unbranched alkanes of at least 4 members (excludes halogenated alkanes) is 1. The lowest BCUT2D eigenvalue weighted by Crippen LogP contribution is -2.40. The molecule has 9 nitrogen and oxygen atoms in total. The third kappa shape index (κ3) is 5.80. The highest BCUT2D eigenvalue weighted by Crippen LogP contribution is 2.36. The number of hydrogen-bond donors (Lipinski definition) is 1. The number of aromatic nitrogens is 1. The maximum atomic E-state index is 13.8. The van der Waals surface area contributed by atoms with Crippen molar-refractivity contribution in [1.82, 2.24) is 4.57 Å². The highest BCUT2D eigenvalue weighted by Gasteiger charge is 2.34. The van der Waals surface area contributed by atoms with Gasteiger partial charge in [-0.15, -0.1) is 0 Å². The normalized spacial score (nSPS) is 15.0. The Morgan fingerprint density at radius 1 is 1.13 bits per heavy atom. The minimum atomic E-state index is -1.03. The Kier molecular flexibility index (Phi) is 8.65. The van der Waals surface area contributed by atoms with Crippen LogP contribution >= 0.6 is 11.3 Å². The zero-order valence-corrected chi connectivity index (χ0v) is 23.0. The van der Waals surface area contributed by atoms with Gasteiger partial charge in [-0.05, 0) is 61.7 Å². The molecule has 0 radical (unpaired) electrons. The summed E-state index contributed by atoms with van der Waals surface area (Å²) < 4.78 is 18.7. The van der Waals surface area contributed by atoms with Gasteiger partial charge in [-0.1, -0.05) is 42.9 Å². The van der Waals surface area contributed by atoms with Gasteiger partial charge in [0.25, 0.3) is 5.56 Å². The quantitative estimate of drug-likeness (QED) is 0.302. The Bertz CT molecular complexity index is 1600. The fourth-order valence-corrected chi connectivity index (χ4v) is 5.33. The van der Waals surface area contributed by atoms with Crippen molar-refractivity contribution in [2.24, 2.45) is 4.99 Å². The zero-order chi connectivity index (χ0) is 28.1. The van der Waals surface area contributed by atoms with E-state index in [-0.39, 0.29) is 23.3 Å². The summed E-state index contributed by atoms with van der Waals surface area (Å²) in [6.45, 7) is 6.24. The molecular weight excluding hydrogens is 520 g/mol. The molecule has 10 heteroatoms.